The molecule has 104 valence electrons. The minimum Gasteiger partial charge on any atom is -0.461 e. The number of rotatable bonds is 5. The summed E-state index contributed by atoms with van der Waals surface area (Å²) in [6.07, 6.45) is 3.00. The van der Waals surface area contributed by atoms with Crippen LogP contribution in [0, 0.1) is 0 Å². The Morgan fingerprint density at radius 1 is 1.45 bits per heavy atom. The molecule has 2 aromatic heterocycles. The molecular weight excluding hydrogens is 280 g/mol. The molecule has 2 heterocycles. The van der Waals surface area contributed by atoms with Gasteiger partial charge in [-0.05, 0) is 13.0 Å². The van der Waals surface area contributed by atoms with Gasteiger partial charge in [-0.2, -0.15) is 0 Å². The van der Waals surface area contributed by atoms with Gasteiger partial charge in [0, 0.05) is 11.6 Å². The second kappa shape index (κ2) is 6.71. The molecule has 1 amide bonds. The number of thiazole rings is 1. The Bertz CT molecular complexity index is 600. The van der Waals surface area contributed by atoms with E-state index in [0.29, 0.717) is 5.69 Å². The zero-order valence-electron chi connectivity index (χ0n) is 10.7. The fourth-order valence-electron chi connectivity index (χ4n) is 1.35. The van der Waals surface area contributed by atoms with Crippen LogP contribution in [-0.4, -0.2) is 33.4 Å². The van der Waals surface area contributed by atoms with E-state index in [-0.39, 0.29) is 29.8 Å². The van der Waals surface area contributed by atoms with Gasteiger partial charge < -0.3 is 10.1 Å². The predicted octanol–water partition coefficient (Wildman–Crippen LogP) is 1.04. The van der Waals surface area contributed by atoms with Crippen molar-refractivity contribution >= 4 is 23.2 Å². The maximum Gasteiger partial charge on any atom is 0.367 e. The molecule has 0 fully saturated rings. The van der Waals surface area contributed by atoms with Gasteiger partial charge in [0.2, 0.25) is 5.01 Å². The molecule has 2 aromatic rings. The van der Waals surface area contributed by atoms with Crippen LogP contribution in [0.1, 0.15) is 32.9 Å². The molecule has 1 N–H and O–H groups in total. The summed E-state index contributed by atoms with van der Waals surface area (Å²) in [6.45, 7) is 2.25. The fourth-order valence-corrected chi connectivity index (χ4v) is 2.04. The van der Waals surface area contributed by atoms with Crippen molar-refractivity contribution in [3.05, 3.63) is 40.4 Å². The van der Waals surface area contributed by atoms with E-state index >= 15 is 0 Å². The molecule has 0 saturated carbocycles. The van der Waals surface area contributed by atoms with Crippen LogP contribution >= 0.6 is 11.3 Å². The molecular formula is C12H12N4O3S. The molecule has 8 heteroatoms. The van der Waals surface area contributed by atoms with E-state index in [1.54, 1.807) is 19.2 Å². The molecule has 0 saturated heterocycles. The Kier molecular flexibility index (Phi) is 4.72. The largest absolute Gasteiger partial charge is 0.461 e. The first-order valence-corrected chi connectivity index (χ1v) is 6.74. The fraction of sp³-hybridized carbons (Fsp3) is 0.250. The Labute approximate surface area is 119 Å². The van der Waals surface area contributed by atoms with Crippen molar-refractivity contribution in [2.45, 2.75) is 13.5 Å². The summed E-state index contributed by atoms with van der Waals surface area (Å²) in [5.41, 5.74) is 0.876. The van der Waals surface area contributed by atoms with Gasteiger partial charge in [-0.3, -0.25) is 4.79 Å². The van der Waals surface area contributed by atoms with Crippen molar-refractivity contribution in [2.24, 2.45) is 0 Å². The van der Waals surface area contributed by atoms with Crippen molar-refractivity contribution in [1.82, 2.24) is 20.3 Å². The maximum absolute atomic E-state index is 11.8. The summed E-state index contributed by atoms with van der Waals surface area (Å²) < 4.78 is 4.81. The molecule has 0 aliphatic heterocycles. The molecule has 0 aliphatic carbocycles. The third-order valence-corrected chi connectivity index (χ3v) is 3.08. The second-order valence-corrected chi connectivity index (χ2v) is 4.50. The lowest BCUT2D eigenvalue weighted by molar-refractivity contribution is 0.0526. The number of aromatic nitrogens is 3. The lowest BCUT2D eigenvalue weighted by Crippen LogP contribution is -2.23. The highest BCUT2D eigenvalue weighted by Crippen LogP contribution is 2.11. The van der Waals surface area contributed by atoms with E-state index < -0.39 is 5.97 Å². The van der Waals surface area contributed by atoms with E-state index in [4.69, 9.17) is 4.74 Å². The van der Waals surface area contributed by atoms with E-state index in [1.807, 2.05) is 0 Å². The number of nitrogens with zero attached hydrogens (tertiary/aromatic N) is 3. The number of hydrogen-bond donors (Lipinski definition) is 1. The average molecular weight is 292 g/mol. The third-order valence-electron chi connectivity index (χ3n) is 2.26. The van der Waals surface area contributed by atoms with Crippen molar-refractivity contribution in [1.29, 1.82) is 0 Å². The van der Waals surface area contributed by atoms with Gasteiger partial charge in [0.25, 0.3) is 5.91 Å². The van der Waals surface area contributed by atoms with Gasteiger partial charge in [-0.25, -0.2) is 19.7 Å². The summed E-state index contributed by atoms with van der Waals surface area (Å²) in [4.78, 5) is 35.0. The first-order valence-electron chi connectivity index (χ1n) is 5.86. The standard InChI is InChI=1S/C12H12N4O3S/c1-2-19-12(18)11-16-9(6-20-11)10(17)14-5-8-3-4-13-7-15-8/h3-4,6-7H,2,5H2,1H3,(H,14,17). The Balaban J connectivity index is 1.94. The smallest absolute Gasteiger partial charge is 0.367 e. The normalized spacial score (nSPS) is 10.1. The first kappa shape index (κ1) is 14.1. The van der Waals surface area contributed by atoms with Crippen LogP contribution in [-0.2, 0) is 11.3 Å². The zero-order valence-corrected chi connectivity index (χ0v) is 11.5. The number of carbonyl (C=O) groups is 2. The van der Waals surface area contributed by atoms with Crippen molar-refractivity contribution in [3.63, 3.8) is 0 Å². The molecule has 0 radical (unpaired) electrons. The molecule has 0 bridgehead atoms. The van der Waals surface area contributed by atoms with Gasteiger partial charge in [-0.1, -0.05) is 0 Å². The Morgan fingerprint density at radius 3 is 3.00 bits per heavy atom. The molecule has 7 nitrogen and oxygen atoms in total. The maximum atomic E-state index is 11.8. The predicted molar refractivity (Wildman–Crippen MR) is 71.3 cm³/mol. The lowest BCUT2D eigenvalue weighted by Gasteiger charge is -2.01. The topological polar surface area (TPSA) is 94.1 Å². The monoisotopic (exact) mass is 292 g/mol. The van der Waals surface area contributed by atoms with Gasteiger partial charge in [-0.15, -0.1) is 11.3 Å². The minimum absolute atomic E-state index is 0.166. The number of esters is 1. The molecule has 0 spiro atoms. The van der Waals surface area contributed by atoms with Gasteiger partial charge in [0.15, 0.2) is 0 Å². The molecule has 0 atom stereocenters. The van der Waals surface area contributed by atoms with Crippen molar-refractivity contribution in [3.8, 4) is 0 Å². The van der Waals surface area contributed by atoms with Crippen LogP contribution in [0.4, 0.5) is 0 Å². The highest BCUT2D eigenvalue weighted by Gasteiger charge is 2.16. The quantitative estimate of drug-likeness (QED) is 0.827. The summed E-state index contributed by atoms with van der Waals surface area (Å²) >= 11 is 1.08. The van der Waals surface area contributed by atoms with E-state index in [2.05, 4.69) is 20.3 Å². The third kappa shape index (κ3) is 3.58. The molecule has 0 aromatic carbocycles. The molecule has 0 aliphatic rings. The summed E-state index contributed by atoms with van der Waals surface area (Å²) in [6, 6.07) is 1.70. The second-order valence-electron chi connectivity index (χ2n) is 3.64. The average Bonchev–Trinajstić information content (AvgIpc) is 2.96. The van der Waals surface area contributed by atoms with Crippen LogP contribution in [0.5, 0.6) is 0 Å². The number of nitrogens with one attached hydrogen (secondary N) is 1. The highest BCUT2D eigenvalue weighted by atomic mass is 32.1. The summed E-state index contributed by atoms with van der Waals surface area (Å²) in [5, 5.41) is 4.34. The number of amides is 1. The Hall–Kier alpha value is -2.35. The number of carbonyl (C=O) groups excluding carboxylic acids is 2. The molecule has 20 heavy (non-hydrogen) atoms. The molecule has 2 rings (SSSR count). The zero-order chi connectivity index (χ0) is 14.4. The van der Waals surface area contributed by atoms with Crippen LogP contribution in [0.3, 0.4) is 0 Å². The number of ether oxygens (including phenoxy) is 1. The van der Waals surface area contributed by atoms with E-state index in [1.165, 1.54) is 11.7 Å². The van der Waals surface area contributed by atoms with Crippen LogP contribution < -0.4 is 5.32 Å². The SMILES string of the molecule is CCOC(=O)c1nc(C(=O)NCc2ccncn2)cs1. The van der Waals surface area contributed by atoms with Gasteiger partial charge >= 0.3 is 5.97 Å². The van der Waals surface area contributed by atoms with Crippen LogP contribution in [0.2, 0.25) is 0 Å². The lowest BCUT2D eigenvalue weighted by atomic mass is 10.4. The first-order chi connectivity index (χ1) is 9.70. The Morgan fingerprint density at radius 2 is 2.30 bits per heavy atom. The van der Waals surface area contributed by atoms with E-state index in [0.717, 1.165) is 11.3 Å². The highest BCUT2D eigenvalue weighted by molar-refractivity contribution is 7.11. The summed E-state index contributed by atoms with van der Waals surface area (Å²) in [7, 11) is 0. The van der Waals surface area contributed by atoms with Gasteiger partial charge in [0.1, 0.15) is 12.0 Å². The van der Waals surface area contributed by atoms with Crippen molar-refractivity contribution < 1.29 is 14.3 Å². The van der Waals surface area contributed by atoms with Crippen LogP contribution in [0.15, 0.2) is 24.0 Å². The molecule has 0 unspecified atom stereocenters. The van der Waals surface area contributed by atoms with Gasteiger partial charge in [0.05, 0.1) is 18.8 Å². The summed E-state index contributed by atoms with van der Waals surface area (Å²) in [5.74, 6) is -0.886. The number of hydrogen-bond acceptors (Lipinski definition) is 7. The minimum atomic E-state index is -0.521. The van der Waals surface area contributed by atoms with E-state index in [9.17, 15) is 9.59 Å². The van der Waals surface area contributed by atoms with Crippen molar-refractivity contribution in [2.75, 3.05) is 6.61 Å². The van der Waals surface area contributed by atoms with Crippen LogP contribution in [0.25, 0.3) is 0 Å².